The minimum absolute atomic E-state index is 0.128. The molecule has 0 aromatic carbocycles. The first kappa shape index (κ1) is 13.4. The summed E-state index contributed by atoms with van der Waals surface area (Å²) in [6.07, 6.45) is -1.79. The smallest absolute Gasteiger partial charge is 0.236 e. The molecule has 0 aliphatic rings. The van der Waals surface area contributed by atoms with E-state index < -0.39 is 11.9 Å². The molecular formula is C10H6BrClF3N3. The molecule has 0 N–H and O–H groups in total. The average Bonchev–Trinajstić information content (AvgIpc) is 2.77. The maximum Gasteiger partial charge on any atom is 0.435 e. The van der Waals surface area contributed by atoms with E-state index in [-0.39, 0.29) is 11.7 Å². The van der Waals surface area contributed by atoms with E-state index in [4.69, 9.17) is 11.6 Å². The Hall–Kier alpha value is -1.08. The van der Waals surface area contributed by atoms with Gasteiger partial charge in [0, 0.05) is 22.4 Å². The van der Waals surface area contributed by atoms with E-state index in [1.165, 1.54) is 12.4 Å². The highest BCUT2D eigenvalue weighted by Crippen LogP contribution is 2.28. The summed E-state index contributed by atoms with van der Waals surface area (Å²) in [6, 6.07) is 2.58. The molecule has 0 aliphatic carbocycles. The minimum atomic E-state index is -4.47. The summed E-state index contributed by atoms with van der Waals surface area (Å²) in [5.41, 5.74) is -0.379. The topological polar surface area (TPSA) is 30.7 Å². The van der Waals surface area contributed by atoms with Crippen molar-refractivity contribution in [2.24, 2.45) is 0 Å². The van der Waals surface area contributed by atoms with Crippen LogP contribution in [0.4, 0.5) is 13.2 Å². The van der Waals surface area contributed by atoms with Gasteiger partial charge in [0.2, 0.25) is 0 Å². The number of rotatable bonds is 2. The largest absolute Gasteiger partial charge is 0.435 e. The van der Waals surface area contributed by atoms with Crippen LogP contribution in [-0.4, -0.2) is 14.8 Å². The highest BCUT2D eigenvalue weighted by molar-refractivity contribution is 9.10. The van der Waals surface area contributed by atoms with Crippen molar-refractivity contribution in [1.82, 2.24) is 14.8 Å². The normalized spacial score (nSPS) is 11.8. The Kier molecular flexibility index (Phi) is 3.63. The van der Waals surface area contributed by atoms with Gasteiger partial charge in [-0.3, -0.25) is 0 Å². The molecule has 0 saturated carbocycles. The fraction of sp³-hybridized carbons (Fsp3) is 0.200. The third-order valence-electron chi connectivity index (χ3n) is 2.15. The molecule has 2 heterocycles. The second kappa shape index (κ2) is 4.89. The Labute approximate surface area is 114 Å². The maximum absolute atomic E-state index is 12.4. The average molecular weight is 341 g/mol. The van der Waals surface area contributed by atoms with Crippen molar-refractivity contribution >= 4 is 27.5 Å². The lowest BCUT2D eigenvalue weighted by Gasteiger charge is -2.06. The van der Waals surface area contributed by atoms with Gasteiger partial charge >= 0.3 is 6.18 Å². The van der Waals surface area contributed by atoms with Crippen molar-refractivity contribution in [3.63, 3.8) is 0 Å². The zero-order valence-electron chi connectivity index (χ0n) is 8.75. The molecule has 0 atom stereocenters. The molecule has 2 aromatic rings. The summed E-state index contributed by atoms with van der Waals surface area (Å²) in [7, 11) is 0. The molecule has 3 nitrogen and oxygen atoms in total. The van der Waals surface area contributed by atoms with E-state index in [1.807, 2.05) is 0 Å². The summed E-state index contributed by atoms with van der Waals surface area (Å²) in [5.74, 6) is 0.409. The van der Waals surface area contributed by atoms with E-state index in [1.54, 1.807) is 6.07 Å². The Bertz CT molecular complexity index is 568. The number of nitrogens with zero attached hydrogens (tertiary/aromatic N) is 3. The van der Waals surface area contributed by atoms with Crippen LogP contribution in [0, 0.1) is 0 Å². The van der Waals surface area contributed by atoms with E-state index >= 15 is 0 Å². The number of aromatic nitrogens is 3. The highest BCUT2D eigenvalue weighted by atomic mass is 79.9. The Morgan fingerprint density at radius 3 is 2.67 bits per heavy atom. The highest BCUT2D eigenvalue weighted by Gasteiger charge is 2.33. The summed E-state index contributed by atoms with van der Waals surface area (Å²) in [4.78, 5) is 4.02. The molecule has 0 unspecified atom stereocenters. The first-order valence-corrected chi connectivity index (χ1v) is 6.08. The van der Waals surface area contributed by atoms with Crippen LogP contribution < -0.4 is 0 Å². The van der Waals surface area contributed by atoms with Crippen molar-refractivity contribution in [1.29, 1.82) is 0 Å². The Balaban J connectivity index is 2.46. The molecule has 8 heteroatoms. The fourth-order valence-corrected chi connectivity index (χ4v) is 1.95. The molecule has 0 aliphatic heterocycles. The van der Waals surface area contributed by atoms with Crippen LogP contribution in [0.2, 0.25) is 0 Å². The number of hydrogen-bond donors (Lipinski definition) is 0. The molecule has 18 heavy (non-hydrogen) atoms. The molecular weight excluding hydrogens is 334 g/mol. The first-order valence-electron chi connectivity index (χ1n) is 4.75. The quantitative estimate of drug-likeness (QED) is 0.779. The zero-order valence-corrected chi connectivity index (χ0v) is 11.1. The monoisotopic (exact) mass is 339 g/mol. The van der Waals surface area contributed by atoms with Gasteiger partial charge < -0.3 is 0 Å². The van der Waals surface area contributed by atoms with Crippen LogP contribution in [0.25, 0.3) is 5.82 Å². The first-order chi connectivity index (χ1) is 8.41. The van der Waals surface area contributed by atoms with Crippen LogP contribution in [-0.2, 0) is 12.1 Å². The third kappa shape index (κ3) is 2.67. The van der Waals surface area contributed by atoms with Crippen molar-refractivity contribution in [3.05, 3.63) is 40.3 Å². The SMILES string of the molecule is FC(F)(F)c1ccn(-c2ncc(Br)cc2CCl)n1. The fourth-order valence-electron chi connectivity index (χ4n) is 1.37. The Morgan fingerprint density at radius 1 is 1.39 bits per heavy atom. The van der Waals surface area contributed by atoms with Gasteiger partial charge in [-0.1, -0.05) is 0 Å². The van der Waals surface area contributed by atoms with Gasteiger partial charge in [-0.25, -0.2) is 9.67 Å². The molecule has 0 spiro atoms. The van der Waals surface area contributed by atoms with Crippen LogP contribution in [0.15, 0.2) is 29.0 Å². The Morgan fingerprint density at radius 2 is 2.11 bits per heavy atom. The number of hydrogen-bond acceptors (Lipinski definition) is 2. The minimum Gasteiger partial charge on any atom is -0.236 e. The summed E-state index contributed by atoms with van der Waals surface area (Å²) in [5, 5.41) is 3.45. The van der Waals surface area contributed by atoms with Crippen LogP contribution in [0.5, 0.6) is 0 Å². The van der Waals surface area contributed by atoms with Gasteiger partial charge in [0.1, 0.15) is 0 Å². The van der Waals surface area contributed by atoms with Gasteiger partial charge in [-0.15, -0.1) is 11.6 Å². The number of halogens is 5. The second-order valence-corrected chi connectivity index (χ2v) is 4.60. The van der Waals surface area contributed by atoms with Crippen LogP contribution in [0.1, 0.15) is 11.3 Å². The lowest BCUT2D eigenvalue weighted by Crippen LogP contribution is -2.08. The van der Waals surface area contributed by atoms with E-state index in [2.05, 4.69) is 26.0 Å². The van der Waals surface area contributed by atoms with E-state index in [0.717, 1.165) is 10.7 Å². The molecule has 2 rings (SSSR count). The molecule has 2 aromatic heterocycles. The lowest BCUT2D eigenvalue weighted by atomic mass is 10.3. The summed E-state index contributed by atoms with van der Waals surface area (Å²) in [6.45, 7) is 0. The molecule has 0 bridgehead atoms. The number of alkyl halides is 4. The van der Waals surface area contributed by atoms with Crippen LogP contribution >= 0.6 is 27.5 Å². The van der Waals surface area contributed by atoms with Crippen molar-refractivity contribution < 1.29 is 13.2 Å². The molecule has 0 saturated heterocycles. The van der Waals surface area contributed by atoms with Crippen molar-refractivity contribution in [2.75, 3.05) is 0 Å². The third-order valence-corrected chi connectivity index (χ3v) is 2.87. The summed E-state index contributed by atoms with van der Waals surface area (Å²) >= 11 is 8.94. The van der Waals surface area contributed by atoms with Gasteiger partial charge in [0.15, 0.2) is 11.5 Å². The predicted molar refractivity (Wildman–Crippen MR) is 63.6 cm³/mol. The van der Waals surface area contributed by atoms with Gasteiger partial charge in [-0.05, 0) is 28.1 Å². The second-order valence-electron chi connectivity index (χ2n) is 3.41. The van der Waals surface area contributed by atoms with Crippen LogP contribution in [0.3, 0.4) is 0 Å². The van der Waals surface area contributed by atoms with E-state index in [9.17, 15) is 13.2 Å². The number of pyridine rings is 1. The van der Waals surface area contributed by atoms with Gasteiger partial charge in [0.05, 0.1) is 5.88 Å². The van der Waals surface area contributed by atoms with Crippen molar-refractivity contribution in [2.45, 2.75) is 12.1 Å². The van der Waals surface area contributed by atoms with Gasteiger partial charge in [0.25, 0.3) is 0 Å². The van der Waals surface area contributed by atoms with E-state index in [0.29, 0.717) is 10.0 Å². The predicted octanol–water partition coefficient (Wildman–Crippen LogP) is 3.79. The molecule has 96 valence electrons. The molecule has 0 fully saturated rings. The zero-order chi connectivity index (χ0) is 13.3. The standard InChI is InChI=1S/C10H6BrClF3N3/c11-7-3-6(4-12)9(16-5-7)18-2-1-8(17-18)10(13,14)15/h1-3,5H,4H2. The molecule has 0 radical (unpaired) electrons. The summed E-state index contributed by atoms with van der Waals surface area (Å²) < 4.78 is 39.1. The molecule has 0 amide bonds. The van der Waals surface area contributed by atoms with Crippen molar-refractivity contribution in [3.8, 4) is 5.82 Å². The van der Waals surface area contributed by atoms with Gasteiger partial charge in [-0.2, -0.15) is 18.3 Å². The maximum atomic E-state index is 12.4. The lowest BCUT2D eigenvalue weighted by molar-refractivity contribution is -0.141.